The number of aryl methyl sites for hydroxylation is 2. The number of halogens is 3. The van der Waals surface area contributed by atoms with Gasteiger partial charge in [-0.25, -0.2) is 18.2 Å². The number of benzene rings is 2. The van der Waals surface area contributed by atoms with Gasteiger partial charge in [0.1, 0.15) is 5.58 Å². The van der Waals surface area contributed by atoms with E-state index in [4.69, 9.17) is 4.42 Å². The Hall–Kier alpha value is -3.67. The molecule has 3 nitrogen and oxygen atoms in total. The molecule has 0 spiro atoms. The highest BCUT2D eigenvalue weighted by atomic mass is 19.2. The topological polar surface area (TPSA) is 38.9 Å². The average Bonchev–Trinajstić information content (AvgIpc) is 3.08. The van der Waals surface area contributed by atoms with Gasteiger partial charge in [0, 0.05) is 28.2 Å². The number of hydrogen-bond donors (Lipinski definition) is 0. The van der Waals surface area contributed by atoms with E-state index < -0.39 is 17.5 Å². The molecule has 0 atom stereocenters. The lowest BCUT2D eigenvalue weighted by molar-refractivity contribution is 0.447. The van der Waals surface area contributed by atoms with Crippen molar-refractivity contribution in [2.45, 2.75) is 13.8 Å². The molecule has 0 saturated carbocycles. The van der Waals surface area contributed by atoms with Gasteiger partial charge in [-0.15, -0.1) is 0 Å². The average molecular weight is 404 g/mol. The molecule has 0 radical (unpaired) electrons. The fourth-order valence-electron chi connectivity index (χ4n) is 3.70. The summed E-state index contributed by atoms with van der Waals surface area (Å²) in [7, 11) is 0. The predicted molar refractivity (Wildman–Crippen MR) is 110 cm³/mol. The summed E-state index contributed by atoms with van der Waals surface area (Å²) in [5.74, 6) is -3.96. The Labute approximate surface area is 169 Å². The van der Waals surface area contributed by atoms with E-state index in [2.05, 4.69) is 9.97 Å². The Balaban J connectivity index is 1.74. The molecule has 3 heterocycles. The molecule has 5 aromatic rings. The molecular weight excluding hydrogens is 389 g/mol. The van der Waals surface area contributed by atoms with Crippen LogP contribution in [-0.2, 0) is 0 Å². The molecule has 148 valence electrons. The first-order valence-corrected chi connectivity index (χ1v) is 9.33. The summed E-state index contributed by atoms with van der Waals surface area (Å²) in [5.41, 5.74) is 5.05. The molecule has 6 heteroatoms. The third-order valence-electron chi connectivity index (χ3n) is 5.19. The molecule has 30 heavy (non-hydrogen) atoms. The molecule has 0 bridgehead atoms. The van der Waals surface area contributed by atoms with Crippen LogP contribution in [0.4, 0.5) is 13.2 Å². The Morgan fingerprint density at radius 3 is 2.30 bits per heavy atom. The molecule has 0 aliphatic heterocycles. The third kappa shape index (κ3) is 2.84. The van der Waals surface area contributed by atoms with E-state index in [0.29, 0.717) is 22.6 Å². The second-order valence-corrected chi connectivity index (χ2v) is 7.23. The zero-order chi connectivity index (χ0) is 21.0. The van der Waals surface area contributed by atoms with Crippen molar-refractivity contribution in [3.05, 3.63) is 83.4 Å². The second kappa shape index (κ2) is 6.69. The number of hydrogen-bond acceptors (Lipinski definition) is 3. The van der Waals surface area contributed by atoms with Crippen LogP contribution in [0.2, 0.25) is 0 Å². The highest BCUT2D eigenvalue weighted by Gasteiger charge is 2.18. The van der Waals surface area contributed by atoms with E-state index in [1.165, 1.54) is 0 Å². The van der Waals surface area contributed by atoms with E-state index in [-0.39, 0.29) is 5.56 Å². The van der Waals surface area contributed by atoms with Gasteiger partial charge in [0.15, 0.2) is 17.5 Å². The zero-order valence-electron chi connectivity index (χ0n) is 16.1. The van der Waals surface area contributed by atoms with E-state index in [1.807, 2.05) is 38.1 Å². The maximum absolute atomic E-state index is 13.7. The Bertz CT molecular complexity index is 1430. The largest absolute Gasteiger partial charge is 0.437 e. The highest BCUT2D eigenvalue weighted by molar-refractivity contribution is 6.09. The molecule has 5 rings (SSSR count). The lowest BCUT2D eigenvalue weighted by Crippen LogP contribution is -1.93. The Morgan fingerprint density at radius 2 is 1.53 bits per heavy atom. The van der Waals surface area contributed by atoms with Crippen molar-refractivity contribution < 1.29 is 17.6 Å². The number of rotatable bonds is 2. The predicted octanol–water partition coefficient (Wildman–Crippen LogP) is 6.74. The molecule has 0 N–H and O–H groups in total. The molecule has 2 aromatic carbocycles. The van der Waals surface area contributed by atoms with Crippen molar-refractivity contribution in [3.63, 3.8) is 0 Å². The van der Waals surface area contributed by atoms with Gasteiger partial charge in [-0.05, 0) is 66.9 Å². The van der Waals surface area contributed by atoms with Crippen molar-refractivity contribution in [1.82, 2.24) is 9.97 Å². The van der Waals surface area contributed by atoms with Gasteiger partial charge in [0.25, 0.3) is 0 Å². The smallest absolute Gasteiger partial charge is 0.227 e. The van der Waals surface area contributed by atoms with Crippen molar-refractivity contribution in [1.29, 1.82) is 0 Å². The Kier molecular flexibility index (Phi) is 4.10. The van der Waals surface area contributed by atoms with Crippen molar-refractivity contribution >= 4 is 22.1 Å². The summed E-state index contributed by atoms with van der Waals surface area (Å²) in [6.45, 7) is 3.83. The Morgan fingerprint density at radius 1 is 0.800 bits per heavy atom. The first kappa shape index (κ1) is 18.4. The third-order valence-corrected chi connectivity index (χ3v) is 5.19. The van der Waals surface area contributed by atoms with Crippen LogP contribution in [0.1, 0.15) is 11.3 Å². The monoisotopic (exact) mass is 404 g/mol. The molecule has 0 fully saturated rings. The maximum atomic E-state index is 13.7. The van der Waals surface area contributed by atoms with E-state index in [0.717, 1.165) is 39.7 Å². The van der Waals surface area contributed by atoms with E-state index >= 15 is 0 Å². The number of nitrogens with zero attached hydrogens (tertiary/aromatic N) is 2. The van der Waals surface area contributed by atoms with Crippen LogP contribution in [0.25, 0.3) is 44.5 Å². The number of furan rings is 1. The molecule has 0 amide bonds. The number of fused-ring (bicyclic) bond motifs is 3. The van der Waals surface area contributed by atoms with Crippen molar-refractivity contribution in [3.8, 4) is 22.4 Å². The standard InChI is InChI=1S/C24H15F3N2O/c1-12-3-5-16-17-6-4-13(2)29-24(17)30-23(16)21(12)20-11-14(7-8-28-20)15-9-18(25)22(27)19(26)10-15/h3-11H,1-2H3. The molecule has 0 aliphatic carbocycles. The van der Waals surface area contributed by atoms with Crippen molar-refractivity contribution in [2.24, 2.45) is 0 Å². The highest BCUT2D eigenvalue weighted by Crippen LogP contribution is 2.37. The van der Waals surface area contributed by atoms with Gasteiger partial charge < -0.3 is 4.42 Å². The van der Waals surface area contributed by atoms with Gasteiger partial charge in [-0.2, -0.15) is 0 Å². The first-order valence-electron chi connectivity index (χ1n) is 9.33. The van der Waals surface area contributed by atoms with Crippen LogP contribution in [0.5, 0.6) is 0 Å². The van der Waals surface area contributed by atoms with Crippen LogP contribution < -0.4 is 0 Å². The van der Waals surface area contributed by atoms with Crippen LogP contribution in [-0.4, -0.2) is 9.97 Å². The number of pyridine rings is 2. The minimum atomic E-state index is -1.49. The molecule has 0 aliphatic rings. The lowest BCUT2D eigenvalue weighted by Gasteiger charge is -2.09. The molecular formula is C24H15F3N2O. The normalized spacial score (nSPS) is 11.5. The van der Waals surface area contributed by atoms with Crippen LogP contribution >= 0.6 is 0 Å². The summed E-state index contributed by atoms with van der Waals surface area (Å²) in [4.78, 5) is 8.92. The number of aromatic nitrogens is 2. The SMILES string of the molecule is Cc1ccc2c(n1)oc1c(-c3cc(-c4cc(F)c(F)c(F)c4)ccn3)c(C)ccc12. The molecule has 3 aromatic heterocycles. The van der Waals surface area contributed by atoms with Gasteiger partial charge >= 0.3 is 0 Å². The van der Waals surface area contributed by atoms with Gasteiger partial charge in [0.2, 0.25) is 5.71 Å². The van der Waals surface area contributed by atoms with Gasteiger partial charge in [-0.3, -0.25) is 4.98 Å². The zero-order valence-corrected chi connectivity index (χ0v) is 16.1. The minimum absolute atomic E-state index is 0.224. The van der Waals surface area contributed by atoms with Crippen molar-refractivity contribution in [2.75, 3.05) is 0 Å². The summed E-state index contributed by atoms with van der Waals surface area (Å²) in [5, 5.41) is 1.81. The van der Waals surface area contributed by atoms with Gasteiger partial charge in [-0.1, -0.05) is 12.1 Å². The maximum Gasteiger partial charge on any atom is 0.227 e. The van der Waals surface area contributed by atoms with Crippen LogP contribution in [0.15, 0.2) is 59.1 Å². The van der Waals surface area contributed by atoms with Crippen LogP contribution in [0.3, 0.4) is 0 Å². The van der Waals surface area contributed by atoms with E-state index in [9.17, 15) is 13.2 Å². The molecule has 0 saturated heterocycles. The summed E-state index contributed by atoms with van der Waals surface area (Å²) < 4.78 is 46.9. The first-order chi connectivity index (χ1) is 14.4. The minimum Gasteiger partial charge on any atom is -0.437 e. The van der Waals surface area contributed by atoms with E-state index in [1.54, 1.807) is 18.3 Å². The summed E-state index contributed by atoms with van der Waals surface area (Å²) >= 11 is 0. The fourth-order valence-corrected chi connectivity index (χ4v) is 3.70. The fraction of sp³-hybridized carbons (Fsp3) is 0.0833. The second-order valence-electron chi connectivity index (χ2n) is 7.23. The van der Waals surface area contributed by atoms with Gasteiger partial charge in [0.05, 0.1) is 5.69 Å². The quantitative estimate of drug-likeness (QED) is 0.306. The summed E-state index contributed by atoms with van der Waals surface area (Å²) in [6, 6.07) is 13.1. The molecule has 0 unspecified atom stereocenters. The van der Waals surface area contributed by atoms with Crippen LogP contribution in [0, 0.1) is 31.3 Å². The lowest BCUT2D eigenvalue weighted by atomic mass is 9.98. The summed E-state index contributed by atoms with van der Waals surface area (Å²) in [6.07, 6.45) is 1.55.